The summed E-state index contributed by atoms with van der Waals surface area (Å²) >= 11 is 5.06. The first kappa shape index (κ1) is 19.6. The van der Waals surface area contributed by atoms with Gasteiger partial charge in [-0.2, -0.15) is 0 Å². The number of esters is 1. The number of amides is 1. The van der Waals surface area contributed by atoms with E-state index >= 15 is 0 Å². The van der Waals surface area contributed by atoms with Gasteiger partial charge in [-0.25, -0.2) is 4.79 Å². The lowest BCUT2D eigenvalue weighted by molar-refractivity contribution is -0.137. The summed E-state index contributed by atoms with van der Waals surface area (Å²) in [4.78, 5) is 22.8. The van der Waals surface area contributed by atoms with E-state index in [1.54, 1.807) is 19.1 Å². The van der Waals surface area contributed by atoms with Gasteiger partial charge in [0, 0.05) is 23.9 Å². The molecule has 0 radical (unpaired) electrons. The van der Waals surface area contributed by atoms with Crippen LogP contribution >= 0.6 is 12.2 Å². The van der Waals surface area contributed by atoms with Crippen LogP contribution in [0.2, 0.25) is 0 Å². The van der Waals surface area contributed by atoms with Gasteiger partial charge in [-0.3, -0.25) is 10.1 Å². The largest absolute Gasteiger partial charge is 0.494 e. The molecule has 0 aliphatic heterocycles. The van der Waals surface area contributed by atoms with Crippen molar-refractivity contribution in [2.75, 3.05) is 18.5 Å². The van der Waals surface area contributed by atoms with Gasteiger partial charge in [-0.1, -0.05) is 19.4 Å². The molecule has 0 saturated carbocycles. The van der Waals surface area contributed by atoms with E-state index < -0.39 is 11.9 Å². The minimum Gasteiger partial charge on any atom is -0.494 e. The van der Waals surface area contributed by atoms with Gasteiger partial charge in [0.15, 0.2) is 5.11 Å². The number of anilines is 1. The van der Waals surface area contributed by atoms with Crippen LogP contribution in [0.3, 0.4) is 0 Å². The van der Waals surface area contributed by atoms with E-state index in [0.717, 1.165) is 30.7 Å². The molecule has 1 aromatic carbocycles. The molecule has 0 unspecified atom stereocenters. The Bertz CT molecular complexity index is 602. The molecule has 0 saturated heterocycles. The highest BCUT2D eigenvalue weighted by Gasteiger charge is 2.04. The lowest BCUT2D eigenvalue weighted by Gasteiger charge is -2.10. The lowest BCUT2D eigenvalue weighted by atomic mass is 10.3. The number of benzene rings is 1. The van der Waals surface area contributed by atoms with Crippen molar-refractivity contribution >= 4 is 34.9 Å². The van der Waals surface area contributed by atoms with E-state index in [-0.39, 0.29) is 11.7 Å². The first-order valence-corrected chi connectivity index (χ1v) is 8.15. The third kappa shape index (κ3) is 8.28. The number of carbonyl (C=O) groups excluding carboxylic acids is 2. The van der Waals surface area contributed by atoms with Gasteiger partial charge in [-0.15, -0.1) is 0 Å². The first-order valence-electron chi connectivity index (χ1n) is 7.74. The molecule has 0 aromatic heterocycles. The normalized spacial score (nSPS) is 10.2. The summed E-state index contributed by atoms with van der Waals surface area (Å²) in [6.07, 6.45) is 4.16. The van der Waals surface area contributed by atoms with E-state index in [0.29, 0.717) is 12.3 Å². The zero-order chi connectivity index (χ0) is 17.8. The number of hydrogen-bond donors (Lipinski definition) is 2. The maximum Gasteiger partial charge on any atom is 0.330 e. The highest BCUT2D eigenvalue weighted by atomic mass is 32.1. The van der Waals surface area contributed by atoms with Crippen molar-refractivity contribution < 1.29 is 19.1 Å². The van der Waals surface area contributed by atoms with Crippen LogP contribution in [-0.2, 0) is 14.3 Å². The second kappa shape index (κ2) is 11.2. The molecule has 1 rings (SSSR count). The van der Waals surface area contributed by atoms with Crippen molar-refractivity contribution in [3.05, 3.63) is 36.4 Å². The van der Waals surface area contributed by atoms with Crippen molar-refractivity contribution in [1.82, 2.24) is 5.32 Å². The van der Waals surface area contributed by atoms with E-state index in [1.807, 2.05) is 12.1 Å². The van der Waals surface area contributed by atoms with E-state index in [1.165, 1.54) is 0 Å². The van der Waals surface area contributed by atoms with Gasteiger partial charge in [-0.05, 0) is 37.7 Å². The van der Waals surface area contributed by atoms with Crippen LogP contribution < -0.4 is 15.4 Å². The second-order valence-electron chi connectivity index (χ2n) is 4.76. The van der Waals surface area contributed by atoms with E-state index in [4.69, 9.17) is 17.0 Å². The Morgan fingerprint density at radius 1 is 1.25 bits per heavy atom. The number of nitrogens with one attached hydrogen (secondary N) is 2. The summed E-state index contributed by atoms with van der Waals surface area (Å²) in [6.45, 7) is 4.69. The quantitative estimate of drug-likeness (QED) is 0.325. The fourth-order valence-corrected chi connectivity index (χ4v) is 1.87. The first-order chi connectivity index (χ1) is 11.5. The number of rotatable bonds is 8. The minimum atomic E-state index is -0.580. The number of carbonyl (C=O) groups is 2. The molecule has 7 heteroatoms. The summed E-state index contributed by atoms with van der Waals surface area (Å²) in [6, 6.07) is 7.28. The van der Waals surface area contributed by atoms with Crippen molar-refractivity contribution in [3.8, 4) is 5.75 Å². The Balaban J connectivity index is 2.48. The molecule has 130 valence electrons. The molecule has 24 heavy (non-hydrogen) atoms. The predicted octanol–water partition coefficient (Wildman–Crippen LogP) is 2.80. The molecule has 0 bridgehead atoms. The Morgan fingerprint density at radius 2 is 2.04 bits per heavy atom. The fraction of sp³-hybridized carbons (Fsp3) is 0.353. The Labute approximate surface area is 147 Å². The summed E-state index contributed by atoms with van der Waals surface area (Å²) in [5.41, 5.74) is 0.698. The van der Waals surface area contributed by atoms with Crippen molar-refractivity contribution in [1.29, 1.82) is 0 Å². The molecule has 0 fully saturated rings. The van der Waals surface area contributed by atoms with Crippen LogP contribution in [0.5, 0.6) is 5.75 Å². The van der Waals surface area contributed by atoms with Crippen LogP contribution in [0.25, 0.3) is 0 Å². The molecule has 2 N–H and O–H groups in total. The summed E-state index contributed by atoms with van der Waals surface area (Å²) in [5.74, 6) is -0.371. The number of thiocarbonyl (C=S) groups is 1. The van der Waals surface area contributed by atoms with E-state index in [2.05, 4.69) is 22.3 Å². The smallest absolute Gasteiger partial charge is 0.330 e. The number of hydrogen-bond acceptors (Lipinski definition) is 5. The highest BCUT2D eigenvalue weighted by molar-refractivity contribution is 7.80. The maximum absolute atomic E-state index is 11.6. The SMILES string of the molecule is CCCCOc1cccc(NC(=S)NC(=O)/C=C/C(=O)OCC)c1. The van der Waals surface area contributed by atoms with Crippen LogP contribution in [0.4, 0.5) is 5.69 Å². The third-order valence-corrected chi connectivity index (χ3v) is 2.96. The second-order valence-corrected chi connectivity index (χ2v) is 5.17. The van der Waals surface area contributed by atoms with Gasteiger partial charge in [0.2, 0.25) is 5.91 Å². The lowest BCUT2D eigenvalue weighted by Crippen LogP contribution is -2.33. The molecule has 0 aliphatic carbocycles. The van der Waals surface area contributed by atoms with Crippen LogP contribution in [0.1, 0.15) is 26.7 Å². The fourth-order valence-electron chi connectivity index (χ4n) is 1.65. The minimum absolute atomic E-state index is 0.124. The number of unbranched alkanes of at least 4 members (excludes halogenated alkanes) is 1. The Hall–Kier alpha value is -2.41. The average molecular weight is 350 g/mol. The van der Waals surface area contributed by atoms with Crippen LogP contribution in [-0.4, -0.2) is 30.2 Å². The maximum atomic E-state index is 11.6. The summed E-state index contributed by atoms with van der Waals surface area (Å²) in [7, 11) is 0. The summed E-state index contributed by atoms with van der Waals surface area (Å²) < 4.78 is 10.3. The Morgan fingerprint density at radius 3 is 2.75 bits per heavy atom. The molecule has 0 aliphatic rings. The number of ether oxygens (including phenoxy) is 2. The van der Waals surface area contributed by atoms with Crippen molar-refractivity contribution in [3.63, 3.8) is 0 Å². The topological polar surface area (TPSA) is 76.7 Å². The monoisotopic (exact) mass is 350 g/mol. The van der Waals surface area contributed by atoms with Crippen LogP contribution in [0.15, 0.2) is 36.4 Å². The molecule has 0 spiro atoms. The molecule has 0 atom stereocenters. The summed E-state index contributed by atoms with van der Waals surface area (Å²) in [5, 5.41) is 5.45. The predicted molar refractivity (Wildman–Crippen MR) is 97.0 cm³/mol. The zero-order valence-electron chi connectivity index (χ0n) is 13.8. The van der Waals surface area contributed by atoms with Gasteiger partial charge < -0.3 is 14.8 Å². The van der Waals surface area contributed by atoms with Crippen molar-refractivity contribution in [2.24, 2.45) is 0 Å². The molecule has 0 heterocycles. The van der Waals surface area contributed by atoms with E-state index in [9.17, 15) is 9.59 Å². The average Bonchev–Trinajstić information content (AvgIpc) is 2.54. The zero-order valence-corrected chi connectivity index (χ0v) is 14.7. The van der Waals surface area contributed by atoms with Gasteiger partial charge in [0.05, 0.1) is 13.2 Å². The molecule has 1 aromatic rings. The molecular formula is C17H22N2O4S. The van der Waals surface area contributed by atoms with Gasteiger partial charge in [0.25, 0.3) is 0 Å². The van der Waals surface area contributed by atoms with Gasteiger partial charge in [0.1, 0.15) is 5.75 Å². The molecular weight excluding hydrogens is 328 g/mol. The Kier molecular flexibility index (Phi) is 9.14. The molecule has 1 amide bonds. The standard InChI is InChI=1S/C17H22N2O4S/c1-3-5-11-23-14-8-6-7-13(12-14)18-17(24)19-15(20)9-10-16(21)22-4-2/h6-10,12H,3-5,11H2,1-2H3,(H2,18,19,20,24)/b10-9+. The van der Waals surface area contributed by atoms with Gasteiger partial charge >= 0.3 is 5.97 Å². The highest BCUT2D eigenvalue weighted by Crippen LogP contribution is 2.17. The van der Waals surface area contributed by atoms with Crippen molar-refractivity contribution in [2.45, 2.75) is 26.7 Å². The third-order valence-electron chi connectivity index (χ3n) is 2.75. The van der Waals surface area contributed by atoms with Crippen LogP contribution in [0, 0.1) is 0 Å². The molecule has 6 nitrogen and oxygen atoms in total.